The first-order valence-corrected chi connectivity index (χ1v) is 16.3. The minimum Gasteiger partial charge on any atom is -0.396 e. The van der Waals surface area contributed by atoms with Crippen molar-refractivity contribution in [2.24, 2.45) is 0 Å². The van der Waals surface area contributed by atoms with Crippen LogP contribution in [0, 0.1) is 0 Å². The lowest BCUT2D eigenvalue weighted by atomic mass is 10.0. The van der Waals surface area contributed by atoms with Gasteiger partial charge in [-0.15, -0.1) is 0 Å². The van der Waals surface area contributed by atoms with Gasteiger partial charge in [-0.3, -0.25) is 0 Å². The second-order valence-electron chi connectivity index (χ2n) is 10.7. The summed E-state index contributed by atoms with van der Waals surface area (Å²) >= 11 is 4.28. The molecule has 0 fully saturated rings. The normalized spacial score (nSPS) is 11.5. The van der Waals surface area contributed by atoms with Gasteiger partial charge >= 0.3 is 0 Å². The van der Waals surface area contributed by atoms with Crippen LogP contribution in [0.25, 0.3) is 0 Å². The van der Waals surface area contributed by atoms with Crippen molar-refractivity contribution in [3.8, 4) is 0 Å². The number of rotatable bonds is 30. The van der Waals surface area contributed by atoms with E-state index in [-0.39, 0.29) is 0 Å². The van der Waals surface area contributed by atoms with Crippen molar-refractivity contribution < 1.29 is 5.11 Å². The molecule has 0 aliphatic heterocycles. The van der Waals surface area contributed by atoms with Crippen molar-refractivity contribution in [1.29, 1.82) is 0 Å². The Bertz CT molecular complexity index is 290. The Morgan fingerprint density at radius 1 is 0.242 bits per heavy atom. The molecule has 0 aromatic carbocycles. The summed E-state index contributed by atoms with van der Waals surface area (Å²) in [6, 6.07) is 0. The molecule has 0 atom stereocenters. The monoisotopic (exact) mass is 484 g/mol. The average Bonchev–Trinajstić information content (AvgIpc) is 2.83. The van der Waals surface area contributed by atoms with Gasteiger partial charge in [0.2, 0.25) is 0 Å². The molecule has 0 heterocycles. The second-order valence-corrected chi connectivity index (χ2v) is 11.1. The highest BCUT2D eigenvalue weighted by Crippen LogP contribution is 2.16. The van der Waals surface area contributed by atoms with E-state index in [4.69, 9.17) is 5.11 Å². The van der Waals surface area contributed by atoms with Gasteiger partial charge in [-0.2, -0.15) is 12.6 Å². The van der Waals surface area contributed by atoms with E-state index in [2.05, 4.69) is 12.6 Å². The van der Waals surface area contributed by atoms with Gasteiger partial charge in [0, 0.05) is 6.61 Å². The van der Waals surface area contributed by atoms with Crippen LogP contribution in [-0.2, 0) is 0 Å². The molecule has 0 unspecified atom stereocenters. The van der Waals surface area contributed by atoms with Crippen LogP contribution in [0.4, 0.5) is 0 Å². The molecule has 0 spiro atoms. The van der Waals surface area contributed by atoms with Crippen molar-refractivity contribution >= 4 is 12.6 Å². The lowest BCUT2D eigenvalue weighted by Crippen LogP contribution is -1.85. The number of aliphatic hydroxyl groups is 1. The van der Waals surface area contributed by atoms with Crippen molar-refractivity contribution in [3.05, 3.63) is 0 Å². The molecule has 0 saturated heterocycles. The highest BCUT2D eigenvalue weighted by Gasteiger charge is 1.96. The van der Waals surface area contributed by atoms with Gasteiger partial charge in [-0.1, -0.05) is 173 Å². The van der Waals surface area contributed by atoms with Crippen LogP contribution in [0.15, 0.2) is 0 Å². The summed E-state index contributed by atoms with van der Waals surface area (Å²) in [4.78, 5) is 0. The van der Waals surface area contributed by atoms with Crippen LogP contribution in [-0.4, -0.2) is 17.5 Å². The number of aliphatic hydroxyl groups excluding tert-OH is 1. The fourth-order valence-corrected chi connectivity index (χ4v) is 5.22. The van der Waals surface area contributed by atoms with Crippen molar-refractivity contribution in [2.45, 2.75) is 186 Å². The maximum atomic E-state index is 8.77. The number of hydrogen-bond donors (Lipinski definition) is 2. The van der Waals surface area contributed by atoms with E-state index >= 15 is 0 Å². The molecule has 0 rings (SSSR count). The molecule has 200 valence electrons. The third kappa shape index (κ3) is 32.3. The molecule has 2 heteroatoms. The van der Waals surface area contributed by atoms with E-state index in [1.54, 1.807) is 0 Å². The molecule has 0 aromatic heterocycles. The lowest BCUT2D eigenvalue weighted by Gasteiger charge is -2.04. The van der Waals surface area contributed by atoms with Gasteiger partial charge < -0.3 is 5.11 Å². The molecule has 33 heavy (non-hydrogen) atoms. The first-order chi connectivity index (χ1) is 16.4. The zero-order valence-corrected chi connectivity index (χ0v) is 23.7. The van der Waals surface area contributed by atoms with Gasteiger partial charge in [-0.25, -0.2) is 0 Å². The largest absolute Gasteiger partial charge is 0.396 e. The van der Waals surface area contributed by atoms with Gasteiger partial charge in [0.05, 0.1) is 0 Å². The summed E-state index contributed by atoms with van der Waals surface area (Å²) in [6.45, 7) is 0.373. The molecular formula is C31H64OS. The van der Waals surface area contributed by atoms with Crippen LogP contribution in [0.3, 0.4) is 0 Å². The fourth-order valence-electron chi connectivity index (χ4n) is 5.00. The zero-order valence-electron chi connectivity index (χ0n) is 22.8. The van der Waals surface area contributed by atoms with Crippen LogP contribution < -0.4 is 0 Å². The Hall–Kier alpha value is 0.310. The summed E-state index contributed by atoms with van der Waals surface area (Å²) in [5.74, 6) is 1.07. The van der Waals surface area contributed by atoms with Crippen molar-refractivity contribution in [3.63, 3.8) is 0 Å². The maximum Gasteiger partial charge on any atom is 0.0431 e. The Kier molecular flexibility index (Phi) is 32.6. The highest BCUT2D eigenvalue weighted by molar-refractivity contribution is 7.80. The van der Waals surface area contributed by atoms with Crippen LogP contribution in [0.1, 0.15) is 186 Å². The van der Waals surface area contributed by atoms with Crippen LogP contribution in [0.2, 0.25) is 0 Å². The number of hydrogen-bond acceptors (Lipinski definition) is 2. The van der Waals surface area contributed by atoms with Gasteiger partial charge in [0.25, 0.3) is 0 Å². The summed E-state index contributed by atoms with van der Waals surface area (Å²) < 4.78 is 0. The Morgan fingerprint density at radius 2 is 0.394 bits per heavy atom. The minimum atomic E-state index is 0.373. The molecule has 0 aliphatic carbocycles. The second kappa shape index (κ2) is 32.3. The summed E-state index contributed by atoms with van der Waals surface area (Å²) in [6.07, 6.45) is 41.2. The van der Waals surface area contributed by atoms with Crippen molar-refractivity contribution in [2.75, 3.05) is 12.4 Å². The lowest BCUT2D eigenvalue weighted by molar-refractivity contribution is 0.282. The molecule has 0 aromatic rings. The summed E-state index contributed by atoms with van der Waals surface area (Å²) in [7, 11) is 0. The third-order valence-corrected chi connectivity index (χ3v) is 7.63. The Morgan fingerprint density at radius 3 is 0.545 bits per heavy atom. The van der Waals surface area contributed by atoms with Gasteiger partial charge in [0.15, 0.2) is 0 Å². The predicted octanol–water partition coefficient (Wildman–Crippen LogP) is 11.2. The van der Waals surface area contributed by atoms with E-state index in [0.29, 0.717) is 6.61 Å². The van der Waals surface area contributed by atoms with E-state index < -0.39 is 0 Å². The molecule has 0 amide bonds. The number of thiol groups is 1. The minimum absolute atomic E-state index is 0.373. The van der Waals surface area contributed by atoms with E-state index in [9.17, 15) is 0 Å². The Balaban J connectivity index is 2.99. The summed E-state index contributed by atoms with van der Waals surface area (Å²) in [5, 5.41) is 8.77. The van der Waals surface area contributed by atoms with Gasteiger partial charge in [0.1, 0.15) is 0 Å². The molecular weight excluding hydrogens is 420 g/mol. The van der Waals surface area contributed by atoms with Gasteiger partial charge in [-0.05, 0) is 18.6 Å². The predicted molar refractivity (Wildman–Crippen MR) is 155 cm³/mol. The topological polar surface area (TPSA) is 20.2 Å². The van der Waals surface area contributed by atoms with Crippen LogP contribution in [0.5, 0.6) is 0 Å². The van der Waals surface area contributed by atoms with E-state index in [1.807, 2.05) is 0 Å². The maximum absolute atomic E-state index is 8.77. The zero-order chi connectivity index (χ0) is 23.9. The molecule has 1 nitrogen and oxygen atoms in total. The standard InChI is InChI=1S/C31H64OS/c32-30-28-26-24-22-20-18-16-14-12-10-8-6-4-2-1-3-5-7-9-11-13-15-17-19-21-23-25-27-29-31-33/h32-33H,1-31H2. The molecule has 1 N–H and O–H groups in total. The quantitative estimate of drug-likeness (QED) is 0.0767. The average molecular weight is 485 g/mol. The third-order valence-electron chi connectivity index (χ3n) is 7.32. The van der Waals surface area contributed by atoms with E-state index in [0.717, 1.165) is 12.2 Å². The fraction of sp³-hybridized carbons (Fsp3) is 1.00. The molecule has 0 radical (unpaired) electrons. The van der Waals surface area contributed by atoms with Crippen molar-refractivity contribution in [1.82, 2.24) is 0 Å². The number of unbranched alkanes of at least 4 members (excludes halogenated alkanes) is 28. The molecule has 0 aliphatic rings. The Labute approximate surface area is 216 Å². The first-order valence-electron chi connectivity index (χ1n) is 15.6. The molecule has 0 saturated carbocycles. The first kappa shape index (κ1) is 33.3. The summed E-state index contributed by atoms with van der Waals surface area (Å²) in [5.41, 5.74) is 0. The molecule has 0 bridgehead atoms. The van der Waals surface area contributed by atoms with Crippen LogP contribution >= 0.6 is 12.6 Å². The smallest absolute Gasteiger partial charge is 0.0431 e. The van der Waals surface area contributed by atoms with E-state index in [1.165, 1.54) is 180 Å². The SMILES string of the molecule is OCCCCCCCCCCCCCCCCCCCCCCCCCCCCCCCS. The highest BCUT2D eigenvalue weighted by atomic mass is 32.1.